The Bertz CT molecular complexity index is 751. The van der Waals surface area contributed by atoms with E-state index >= 15 is 0 Å². The first-order valence-electron chi connectivity index (χ1n) is 7.31. The van der Waals surface area contributed by atoms with E-state index in [-0.39, 0.29) is 23.6 Å². The van der Waals surface area contributed by atoms with Crippen LogP contribution in [-0.2, 0) is 11.3 Å². The predicted octanol–water partition coefficient (Wildman–Crippen LogP) is 1.89. The molecule has 23 heavy (non-hydrogen) atoms. The van der Waals surface area contributed by atoms with Crippen LogP contribution in [0.1, 0.15) is 26.0 Å². The van der Waals surface area contributed by atoms with Crippen molar-refractivity contribution in [1.29, 1.82) is 0 Å². The van der Waals surface area contributed by atoms with E-state index in [9.17, 15) is 13.6 Å². The lowest BCUT2D eigenvalue weighted by molar-refractivity contribution is -0.124. The second kappa shape index (κ2) is 5.13. The molecule has 1 amide bonds. The molecule has 5 nitrogen and oxygen atoms in total. The lowest BCUT2D eigenvalue weighted by atomic mass is 10.1. The highest BCUT2D eigenvalue weighted by Gasteiger charge is 2.63. The zero-order valence-electron chi connectivity index (χ0n) is 12.9. The maximum absolute atomic E-state index is 13.7. The first-order valence-corrected chi connectivity index (χ1v) is 7.31. The highest BCUT2D eigenvalue weighted by molar-refractivity contribution is 5.90. The van der Waals surface area contributed by atoms with Gasteiger partial charge in [0.1, 0.15) is 11.2 Å². The molecule has 3 rings (SSSR count). The Morgan fingerprint density at radius 1 is 1.35 bits per heavy atom. The third kappa shape index (κ3) is 2.61. The van der Waals surface area contributed by atoms with Crippen molar-refractivity contribution in [3.05, 3.63) is 47.8 Å². The van der Waals surface area contributed by atoms with Crippen LogP contribution in [0.5, 0.6) is 0 Å². The minimum atomic E-state index is -0.854. The van der Waals surface area contributed by atoms with Crippen LogP contribution in [0, 0.1) is 17.0 Å². The summed E-state index contributed by atoms with van der Waals surface area (Å²) in [7, 11) is 0. The maximum Gasteiger partial charge on any atom is 0.240 e. The summed E-state index contributed by atoms with van der Waals surface area (Å²) >= 11 is 0. The lowest BCUT2D eigenvalue weighted by Gasteiger charge is -2.14. The molecule has 0 spiro atoms. The number of carbonyl (C=O) groups excluding carboxylic acids is 1. The largest absolute Gasteiger partial charge is 0.349 e. The number of hydrogen-bond donors (Lipinski definition) is 2. The average Bonchev–Trinajstić information content (AvgIpc) is 2.84. The van der Waals surface area contributed by atoms with Gasteiger partial charge in [-0.15, -0.1) is 0 Å². The van der Waals surface area contributed by atoms with Gasteiger partial charge < -0.3 is 11.1 Å². The minimum Gasteiger partial charge on any atom is -0.349 e. The molecule has 1 atom stereocenters. The SMILES string of the molecule is CC1(C)CC1(N)C(=O)NCc1ccn(-c2c(F)cccc2F)n1. The number of nitrogens with zero attached hydrogens (tertiary/aromatic N) is 2. The lowest BCUT2D eigenvalue weighted by Crippen LogP contribution is -2.45. The van der Waals surface area contributed by atoms with Crippen LogP contribution in [0.15, 0.2) is 30.5 Å². The number of nitrogens with one attached hydrogen (secondary N) is 1. The molecule has 0 saturated heterocycles. The van der Waals surface area contributed by atoms with Gasteiger partial charge in [0, 0.05) is 6.20 Å². The molecule has 1 unspecified atom stereocenters. The predicted molar refractivity (Wildman–Crippen MR) is 80.6 cm³/mol. The number of para-hydroxylation sites is 1. The molecule has 1 aliphatic carbocycles. The van der Waals surface area contributed by atoms with Crippen LogP contribution in [0.2, 0.25) is 0 Å². The van der Waals surface area contributed by atoms with Crippen molar-refractivity contribution in [3.8, 4) is 5.69 Å². The molecule has 1 saturated carbocycles. The van der Waals surface area contributed by atoms with Crippen LogP contribution in [0.25, 0.3) is 5.69 Å². The van der Waals surface area contributed by atoms with Gasteiger partial charge in [0.05, 0.1) is 12.2 Å². The van der Waals surface area contributed by atoms with Gasteiger partial charge >= 0.3 is 0 Å². The normalized spacial score (nSPS) is 22.0. The molecule has 0 radical (unpaired) electrons. The zero-order chi connectivity index (χ0) is 16.8. The highest BCUT2D eigenvalue weighted by atomic mass is 19.1. The van der Waals surface area contributed by atoms with Crippen molar-refractivity contribution in [2.45, 2.75) is 32.4 Å². The van der Waals surface area contributed by atoms with Gasteiger partial charge in [-0.1, -0.05) is 19.9 Å². The Morgan fingerprint density at radius 2 is 1.96 bits per heavy atom. The fourth-order valence-corrected chi connectivity index (χ4v) is 2.66. The average molecular weight is 320 g/mol. The molecule has 0 aliphatic heterocycles. The van der Waals surface area contributed by atoms with Crippen molar-refractivity contribution >= 4 is 5.91 Å². The summed E-state index contributed by atoms with van der Waals surface area (Å²) in [6.45, 7) is 4.02. The summed E-state index contributed by atoms with van der Waals surface area (Å²) in [4.78, 5) is 12.1. The number of halogens is 2. The summed E-state index contributed by atoms with van der Waals surface area (Å²) in [6.07, 6.45) is 2.07. The minimum absolute atomic E-state index is 0.150. The smallest absolute Gasteiger partial charge is 0.240 e. The summed E-state index contributed by atoms with van der Waals surface area (Å²) in [5, 5.41) is 6.82. The van der Waals surface area contributed by atoms with E-state index in [4.69, 9.17) is 5.73 Å². The second-order valence-electron chi connectivity index (χ2n) is 6.54. The molecule has 1 aliphatic rings. The van der Waals surface area contributed by atoms with Crippen molar-refractivity contribution in [2.75, 3.05) is 0 Å². The Kier molecular flexibility index (Phi) is 3.48. The van der Waals surface area contributed by atoms with E-state index in [0.717, 1.165) is 16.8 Å². The van der Waals surface area contributed by atoms with Gasteiger partial charge in [0.25, 0.3) is 0 Å². The maximum atomic E-state index is 13.7. The molecular formula is C16H18F2N4O. The van der Waals surface area contributed by atoms with Crippen LogP contribution in [-0.4, -0.2) is 21.2 Å². The van der Waals surface area contributed by atoms with Crippen molar-refractivity contribution < 1.29 is 13.6 Å². The summed E-state index contributed by atoms with van der Waals surface area (Å²) in [5.74, 6) is -1.65. The number of benzene rings is 1. The molecule has 7 heteroatoms. The van der Waals surface area contributed by atoms with Gasteiger partial charge in [-0.25, -0.2) is 13.5 Å². The summed E-state index contributed by atoms with van der Waals surface area (Å²) < 4.78 is 28.6. The zero-order valence-corrected chi connectivity index (χ0v) is 12.9. The van der Waals surface area contributed by atoms with E-state index in [1.165, 1.54) is 12.3 Å². The number of hydrogen-bond acceptors (Lipinski definition) is 3. The van der Waals surface area contributed by atoms with Crippen LogP contribution >= 0.6 is 0 Å². The van der Waals surface area contributed by atoms with Gasteiger partial charge in [-0.3, -0.25) is 4.79 Å². The van der Waals surface area contributed by atoms with Crippen LogP contribution in [0.3, 0.4) is 0 Å². The topological polar surface area (TPSA) is 72.9 Å². The monoisotopic (exact) mass is 320 g/mol. The van der Waals surface area contributed by atoms with E-state index in [0.29, 0.717) is 12.1 Å². The summed E-state index contributed by atoms with van der Waals surface area (Å²) in [5.41, 5.74) is 5.20. The Labute approximate surface area is 132 Å². The highest BCUT2D eigenvalue weighted by Crippen LogP contribution is 2.53. The van der Waals surface area contributed by atoms with E-state index in [1.807, 2.05) is 13.8 Å². The van der Waals surface area contributed by atoms with E-state index < -0.39 is 17.2 Å². The Hall–Kier alpha value is -2.28. The molecular weight excluding hydrogens is 302 g/mol. The fraction of sp³-hybridized carbons (Fsp3) is 0.375. The van der Waals surface area contributed by atoms with Crippen LogP contribution in [0.4, 0.5) is 8.78 Å². The third-order valence-electron chi connectivity index (χ3n) is 4.45. The molecule has 1 heterocycles. The third-order valence-corrected chi connectivity index (χ3v) is 4.45. The molecule has 1 aromatic carbocycles. The number of carbonyl (C=O) groups is 1. The Morgan fingerprint density at radius 3 is 2.52 bits per heavy atom. The van der Waals surface area contributed by atoms with E-state index in [2.05, 4.69) is 10.4 Å². The van der Waals surface area contributed by atoms with Gasteiger partial charge in [-0.2, -0.15) is 5.10 Å². The number of rotatable bonds is 4. The Balaban J connectivity index is 1.70. The number of aromatic nitrogens is 2. The molecule has 122 valence electrons. The van der Waals surface area contributed by atoms with Crippen molar-refractivity contribution in [2.24, 2.45) is 11.1 Å². The standard InChI is InChI=1S/C16H18F2N4O/c1-15(2)9-16(15,19)14(23)20-8-10-6-7-22(21-10)13-11(17)4-3-5-12(13)18/h3-7H,8-9,19H2,1-2H3,(H,20,23). The first-order chi connectivity index (χ1) is 10.7. The summed E-state index contributed by atoms with van der Waals surface area (Å²) in [6, 6.07) is 5.20. The van der Waals surface area contributed by atoms with E-state index in [1.54, 1.807) is 6.07 Å². The van der Waals surface area contributed by atoms with Gasteiger partial charge in [-0.05, 0) is 30.0 Å². The van der Waals surface area contributed by atoms with Crippen molar-refractivity contribution in [1.82, 2.24) is 15.1 Å². The van der Waals surface area contributed by atoms with Crippen LogP contribution < -0.4 is 11.1 Å². The number of nitrogens with two attached hydrogens (primary N) is 1. The molecule has 0 bridgehead atoms. The molecule has 3 N–H and O–H groups in total. The first kappa shape index (κ1) is 15.6. The molecule has 1 fully saturated rings. The van der Waals surface area contributed by atoms with Crippen molar-refractivity contribution in [3.63, 3.8) is 0 Å². The fourth-order valence-electron chi connectivity index (χ4n) is 2.66. The van der Waals surface area contributed by atoms with Gasteiger partial charge in [0.15, 0.2) is 11.6 Å². The number of amides is 1. The van der Waals surface area contributed by atoms with Gasteiger partial charge in [0.2, 0.25) is 5.91 Å². The molecule has 2 aromatic rings. The quantitative estimate of drug-likeness (QED) is 0.903. The molecule has 1 aromatic heterocycles. The second-order valence-corrected chi connectivity index (χ2v) is 6.54.